The van der Waals surface area contributed by atoms with Crippen LogP contribution in [0.2, 0.25) is 0 Å². The van der Waals surface area contributed by atoms with Crippen molar-refractivity contribution in [2.75, 3.05) is 14.2 Å². The molecular formula is C28H26N4O4. The van der Waals surface area contributed by atoms with Gasteiger partial charge >= 0.3 is 5.97 Å². The van der Waals surface area contributed by atoms with E-state index < -0.39 is 11.6 Å². The van der Waals surface area contributed by atoms with E-state index in [-0.39, 0.29) is 5.69 Å². The quantitative estimate of drug-likeness (QED) is 0.350. The lowest BCUT2D eigenvalue weighted by atomic mass is 9.80. The summed E-state index contributed by atoms with van der Waals surface area (Å²) >= 11 is 0. The average Bonchev–Trinajstić information content (AvgIpc) is 3.43. The predicted molar refractivity (Wildman–Crippen MR) is 136 cm³/mol. The van der Waals surface area contributed by atoms with Crippen molar-refractivity contribution in [2.24, 2.45) is 14.1 Å². The molecule has 0 fully saturated rings. The third-order valence-corrected chi connectivity index (χ3v) is 7.57. The van der Waals surface area contributed by atoms with Crippen molar-refractivity contribution >= 4 is 27.8 Å². The summed E-state index contributed by atoms with van der Waals surface area (Å²) in [6.45, 7) is 4.07. The second-order valence-electron chi connectivity index (χ2n) is 9.13. The fraction of sp³-hybridized carbons (Fsp3) is 0.250. The highest BCUT2D eigenvalue weighted by molar-refractivity contribution is 6.00. The van der Waals surface area contributed by atoms with Crippen LogP contribution in [0.1, 0.15) is 38.7 Å². The molecule has 0 radical (unpaired) electrons. The van der Waals surface area contributed by atoms with Crippen LogP contribution in [0, 0.1) is 13.8 Å². The standard InChI is InChI=1S/C28H26N4O4/c1-15-23(19-13-17(34-5)7-9-21(19)31(15)3)28(26-25(27(33)36-28)29-11-12-30-26)24-16(2)32(4)22-10-8-18(35-6)14-20(22)24/h7-14H,1-6H3. The lowest BCUT2D eigenvalue weighted by Gasteiger charge is -2.30. The van der Waals surface area contributed by atoms with Gasteiger partial charge in [0.2, 0.25) is 5.60 Å². The van der Waals surface area contributed by atoms with Crippen molar-refractivity contribution in [3.8, 4) is 11.5 Å². The number of hydrogen-bond acceptors (Lipinski definition) is 6. The Kier molecular flexibility index (Phi) is 4.67. The number of methoxy groups -OCH3 is 2. The largest absolute Gasteiger partial charge is 0.497 e. The van der Waals surface area contributed by atoms with E-state index in [0.29, 0.717) is 17.2 Å². The molecule has 0 N–H and O–H groups in total. The molecule has 0 saturated heterocycles. The Morgan fingerprint density at radius 3 is 1.81 bits per heavy atom. The van der Waals surface area contributed by atoms with Gasteiger partial charge < -0.3 is 23.3 Å². The molecular weight excluding hydrogens is 456 g/mol. The van der Waals surface area contributed by atoms with Gasteiger partial charge in [-0.15, -0.1) is 0 Å². The fourth-order valence-corrected chi connectivity index (χ4v) is 5.69. The Morgan fingerprint density at radius 1 is 0.806 bits per heavy atom. The molecule has 182 valence electrons. The molecule has 0 unspecified atom stereocenters. The van der Waals surface area contributed by atoms with E-state index in [1.807, 2.05) is 64.3 Å². The van der Waals surface area contributed by atoms with Gasteiger partial charge in [0, 0.05) is 70.8 Å². The number of carbonyl (C=O) groups excluding carboxylic acids is 1. The van der Waals surface area contributed by atoms with Crippen molar-refractivity contribution < 1.29 is 19.0 Å². The van der Waals surface area contributed by atoms with Gasteiger partial charge in [-0.2, -0.15) is 0 Å². The van der Waals surface area contributed by atoms with Crippen molar-refractivity contribution in [3.05, 3.63) is 82.7 Å². The van der Waals surface area contributed by atoms with Gasteiger partial charge in [-0.3, -0.25) is 4.98 Å². The molecule has 1 aliphatic rings. The number of nitrogens with zero attached hydrogens (tertiary/aromatic N) is 4. The predicted octanol–water partition coefficient (Wildman–Crippen LogP) is 4.56. The number of carbonyl (C=O) groups is 1. The fourth-order valence-electron chi connectivity index (χ4n) is 5.69. The average molecular weight is 483 g/mol. The van der Waals surface area contributed by atoms with E-state index in [1.54, 1.807) is 20.4 Å². The number of ether oxygens (including phenoxy) is 3. The molecule has 0 amide bonds. The first kappa shape index (κ1) is 22.2. The highest BCUT2D eigenvalue weighted by atomic mass is 16.6. The third kappa shape index (κ3) is 2.66. The Morgan fingerprint density at radius 2 is 1.31 bits per heavy atom. The van der Waals surface area contributed by atoms with Gasteiger partial charge in [-0.1, -0.05) is 0 Å². The van der Waals surface area contributed by atoms with E-state index in [2.05, 4.69) is 14.1 Å². The van der Waals surface area contributed by atoms with E-state index in [1.165, 1.54) is 6.20 Å². The van der Waals surface area contributed by atoms with Gasteiger partial charge in [0.05, 0.1) is 14.2 Å². The Hall–Kier alpha value is -4.33. The number of esters is 1. The number of aromatic nitrogens is 4. The van der Waals surface area contributed by atoms with Crippen LogP contribution in [0.5, 0.6) is 11.5 Å². The Labute approximate surface area is 208 Å². The summed E-state index contributed by atoms with van der Waals surface area (Å²) in [4.78, 5) is 22.5. The third-order valence-electron chi connectivity index (χ3n) is 7.57. The first-order valence-electron chi connectivity index (χ1n) is 11.6. The number of benzene rings is 2. The topological polar surface area (TPSA) is 80.4 Å². The van der Waals surface area contributed by atoms with Gasteiger partial charge in [0.1, 0.15) is 17.2 Å². The molecule has 0 spiro atoms. The van der Waals surface area contributed by atoms with Crippen molar-refractivity contribution in [2.45, 2.75) is 19.4 Å². The van der Waals surface area contributed by atoms with Crippen LogP contribution in [0.4, 0.5) is 0 Å². The van der Waals surface area contributed by atoms with Crippen LogP contribution in [0.15, 0.2) is 48.8 Å². The molecule has 8 heteroatoms. The Bertz CT molecular complexity index is 1620. The molecule has 3 aromatic heterocycles. The van der Waals surface area contributed by atoms with E-state index in [9.17, 15) is 4.79 Å². The normalized spacial score (nSPS) is 14.3. The van der Waals surface area contributed by atoms with Gasteiger partial charge in [-0.05, 0) is 50.2 Å². The number of aryl methyl sites for hydroxylation is 2. The summed E-state index contributed by atoms with van der Waals surface area (Å²) < 4.78 is 21.8. The summed E-state index contributed by atoms with van der Waals surface area (Å²) in [6, 6.07) is 11.9. The summed E-state index contributed by atoms with van der Waals surface area (Å²) in [7, 11) is 7.30. The molecule has 0 aliphatic carbocycles. The summed E-state index contributed by atoms with van der Waals surface area (Å²) in [5, 5.41) is 1.83. The smallest absolute Gasteiger partial charge is 0.360 e. The van der Waals surface area contributed by atoms with Crippen LogP contribution in [0.3, 0.4) is 0 Å². The van der Waals surface area contributed by atoms with Crippen LogP contribution in [0.25, 0.3) is 21.8 Å². The van der Waals surface area contributed by atoms with Crippen molar-refractivity contribution in [1.29, 1.82) is 0 Å². The minimum atomic E-state index is -1.33. The minimum Gasteiger partial charge on any atom is -0.497 e. The second kappa shape index (κ2) is 7.58. The zero-order chi connectivity index (χ0) is 25.4. The molecule has 36 heavy (non-hydrogen) atoms. The molecule has 1 aliphatic heterocycles. The number of hydrogen-bond donors (Lipinski definition) is 0. The van der Waals surface area contributed by atoms with E-state index in [0.717, 1.165) is 44.3 Å². The van der Waals surface area contributed by atoms with Crippen LogP contribution < -0.4 is 9.47 Å². The maximum absolute atomic E-state index is 13.4. The van der Waals surface area contributed by atoms with E-state index in [4.69, 9.17) is 19.2 Å². The van der Waals surface area contributed by atoms with Crippen molar-refractivity contribution in [3.63, 3.8) is 0 Å². The van der Waals surface area contributed by atoms with E-state index >= 15 is 0 Å². The van der Waals surface area contributed by atoms with Crippen molar-refractivity contribution in [1.82, 2.24) is 19.1 Å². The maximum Gasteiger partial charge on any atom is 0.360 e. The molecule has 8 nitrogen and oxygen atoms in total. The summed E-state index contributed by atoms with van der Waals surface area (Å²) in [5.41, 5.74) is 4.93. The van der Waals surface area contributed by atoms with Gasteiger partial charge in [-0.25, -0.2) is 9.78 Å². The maximum atomic E-state index is 13.4. The first-order valence-corrected chi connectivity index (χ1v) is 11.6. The zero-order valence-electron chi connectivity index (χ0n) is 21.0. The Balaban J connectivity index is 1.85. The minimum absolute atomic E-state index is 0.219. The van der Waals surface area contributed by atoms with Crippen LogP contribution in [-0.4, -0.2) is 39.3 Å². The monoisotopic (exact) mass is 482 g/mol. The lowest BCUT2D eigenvalue weighted by Crippen LogP contribution is -2.32. The summed E-state index contributed by atoms with van der Waals surface area (Å²) in [6.07, 6.45) is 3.13. The first-order chi connectivity index (χ1) is 17.3. The number of cyclic esters (lactones) is 1. The molecule has 0 atom stereocenters. The molecule has 2 aromatic carbocycles. The molecule has 0 saturated carbocycles. The number of rotatable bonds is 4. The second-order valence-corrected chi connectivity index (χ2v) is 9.13. The highest BCUT2D eigenvalue weighted by Gasteiger charge is 2.55. The van der Waals surface area contributed by atoms with Crippen LogP contribution >= 0.6 is 0 Å². The molecule has 4 heterocycles. The number of fused-ring (bicyclic) bond motifs is 3. The zero-order valence-corrected chi connectivity index (χ0v) is 21.0. The highest BCUT2D eigenvalue weighted by Crippen LogP contribution is 2.53. The van der Waals surface area contributed by atoms with Gasteiger partial charge in [0.15, 0.2) is 5.69 Å². The van der Waals surface area contributed by atoms with Crippen LogP contribution in [-0.2, 0) is 24.4 Å². The molecule has 0 bridgehead atoms. The van der Waals surface area contributed by atoms with Gasteiger partial charge in [0.25, 0.3) is 0 Å². The summed E-state index contributed by atoms with van der Waals surface area (Å²) in [5.74, 6) is 0.922. The lowest BCUT2D eigenvalue weighted by molar-refractivity contribution is 0.0245. The molecule has 6 rings (SSSR count). The SMILES string of the molecule is COc1ccc2c(c1)c(C1(c3c(C)n(C)c4ccc(OC)cc34)OC(=O)c3nccnc31)c(C)n2C. The molecule has 5 aromatic rings.